The summed E-state index contributed by atoms with van der Waals surface area (Å²) in [5, 5.41) is 13.5. The molecule has 0 saturated carbocycles. The highest BCUT2D eigenvalue weighted by Gasteiger charge is 2.01. The molecule has 0 heterocycles. The van der Waals surface area contributed by atoms with Crippen LogP contribution in [0.5, 0.6) is 5.75 Å². The number of phenols is 1. The number of phenolic OH excluding ortho intramolecular Hbond substituents is 1. The molecule has 2 aromatic rings. The van der Waals surface area contributed by atoms with Crippen LogP contribution >= 0.6 is 11.6 Å². The van der Waals surface area contributed by atoms with Crippen LogP contribution in [0.1, 0.15) is 11.1 Å². The van der Waals surface area contributed by atoms with Gasteiger partial charge in [0.25, 0.3) is 0 Å². The van der Waals surface area contributed by atoms with E-state index in [0.717, 1.165) is 24.1 Å². The zero-order chi connectivity index (χ0) is 13.7. The quantitative estimate of drug-likeness (QED) is 0.821. The predicted octanol–water partition coefficient (Wildman–Crippen LogP) is 3.52. The van der Waals surface area contributed by atoms with E-state index in [-0.39, 0.29) is 11.6 Å². The Morgan fingerprint density at radius 2 is 1.84 bits per heavy atom. The van der Waals surface area contributed by atoms with E-state index in [1.54, 1.807) is 30.3 Å². The average molecular weight is 280 g/mol. The first-order chi connectivity index (χ1) is 9.15. The number of aromatic hydroxyl groups is 1. The van der Waals surface area contributed by atoms with E-state index >= 15 is 0 Å². The summed E-state index contributed by atoms with van der Waals surface area (Å²) in [5.74, 6) is 0.0132. The Bertz CT molecular complexity index is 542. The molecule has 0 amide bonds. The lowest BCUT2D eigenvalue weighted by Gasteiger charge is -2.07. The van der Waals surface area contributed by atoms with Crippen molar-refractivity contribution in [2.45, 2.75) is 13.0 Å². The maximum absolute atomic E-state index is 12.7. The summed E-state index contributed by atoms with van der Waals surface area (Å²) in [6.45, 7) is 1.30. The number of halogens is 2. The zero-order valence-corrected chi connectivity index (χ0v) is 11.1. The van der Waals surface area contributed by atoms with Gasteiger partial charge in [0.05, 0.1) is 0 Å². The first kappa shape index (κ1) is 13.8. The van der Waals surface area contributed by atoms with Crippen LogP contribution in [0.25, 0.3) is 0 Å². The van der Waals surface area contributed by atoms with Crippen molar-refractivity contribution in [3.8, 4) is 5.75 Å². The van der Waals surface area contributed by atoms with Crippen molar-refractivity contribution in [1.82, 2.24) is 5.32 Å². The maximum Gasteiger partial charge on any atom is 0.123 e. The highest BCUT2D eigenvalue weighted by atomic mass is 35.5. The van der Waals surface area contributed by atoms with Gasteiger partial charge in [0.15, 0.2) is 0 Å². The Morgan fingerprint density at radius 3 is 2.58 bits per heavy atom. The molecule has 2 nitrogen and oxygen atoms in total. The van der Waals surface area contributed by atoms with Gasteiger partial charge in [-0.15, -0.1) is 0 Å². The van der Waals surface area contributed by atoms with E-state index < -0.39 is 0 Å². The maximum atomic E-state index is 12.7. The average Bonchev–Trinajstić information content (AvgIpc) is 2.40. The number of benzene rings is 2. The Hall–Kier alpha value is -1.58. The minimum absolute atomic E-state index is 0.222. The number of hydrogen-bond acceptors (Lipinski definition) is 2. The minimum Gasteiger partial charge on any atom is -0.508 e. The van der Waals surface area contributed by atoms with Crippen LogP contribution in [-0.4, -0.2) is 11.7 Å². The lowest BCUT2D eigenvalue weighted by Crippen LogP contribution is -2.16. The highest BCUT2D eigenvalue weighted by Crippen LogP contribution is 2.21. The van der Waals surface area contributed by atoms with Crippen LogP contribution in [0.3, 0.4) is 0 Å². The second-order valence-electron chi connectivity index (χ2n) is 4.33. The van der Waals surface area contributed by atoms with Gasteiger partial charge in [-0.25, -0.2) is 4.39 Å². The number of nitrogens with one attached hydrogen (secondary N) is 1. The second kappa shape index (κ2) is 6.55. The van der Waals surface area contributed by atoms with Gasteiger partial charge in [-0.1, -0.05) is 23.7 Å². The third-order valence-electron chi connectivity index (χ3n) is 2.86. The lowest BCUT2D eigenvalue weighted by atomic mass is 10.1. The summed E-state index contributed by atoms with van der Waals surface area (Å²) in [4.78, 5) is 0. The standard InChI is InChI=1S/C15H15ClFNO/c16-13-3-6-15(19)12(9-13)10-18-8-7-11-1-4-14(17)5-2-11/h1-6,9,18-19H,7-8,10H2. The van der Waals surface area contributed by atoms with Gasteiger partial charge in [0.2, 0.25) is 0 Å². The Labute approximate surface area is 116 Å². The Morgan fingerprint density at radius 1 is 1.11 bits per heavy atom. The molecule has 2 N–H and O–H groups in total. The van der Waals surface area contributed by atoms with E-state index in [2.05, 4.69) is 5.32 Å². The molecule has 2 rings (SSSR count). The fourth-order valence-electron chi connectivity index (χ4n) is 1.80. The fraction of sp³-hybridized carbons (Fsp3) is 0.200. The molecule has 4 heteroatoms. The van der Waals surface area contributed by atoms with Crippen LogP contribution in [-0.2, 0) is 13.0 Å². The molecule has 0 saturated heterocycles. The molecule has 0 aliphatic rings. The summed E-state index contributed by atoms with van der Waals surface area (Å²) in [5.41, 5.74) is 1.84. The first-order valence-electron chi connectivity index (χ1n) is 6.08. The van der Waals surface area contributed by atoms with E-state index in [9.17, 15) is 9.50 Å². The van der Waals surface area contributed by atoms with Gasteiger partial charge in [0, 0.05) is 17.1 Å². The third-order valence-corrected chi connectivity index (χ3v) is 3.10. The summed E-state index contributed by atoms with van der Waals surface area (Å²) in [7, 11) is 0. The van der Waals surface area contributed by atoms with Gasteiger partial charge in [-0.05, 0) is 48.9 Å². The van der Waals surface area contributed by atoms with E-state index in [0.29, 0.717) is 11.6 Å². The topological polar surface area (TPSA) is 32.3 Å². The summed E-state index contributed by atoms with van der Waals surface area (Å²) in [6, 6.07) is 11.4. The highest BCUT2D eigenvalue weighted by molar-refractivity contribution is 6.30. The van der Waals surface area contributed by atoms with E-state index in [1.165, 1.54) is 12.1 Å². The Kier molecular flexibility index (Phi) is 4.77. The van der Waals surface area contributed by atoms with Crippen LogP contribution in [0, 0.1) is 5.82 Å². The zero-order valence-electron chi connectivity index (χ0n) is 10.4. The SMILES string of the molecule is Oc1ccc(Cl)cc1CNCCc1ccc(F)cc1. The largest absolute Gasteiger partial charge is 0.508 e. The molecule has 0 unspecified atom stereocenters. The Balaban J connectivity index is 1.80. The van der Waals surface area contributed by atoms with E-state index in [1.807, 2.05) is 0 Å². The molecular formula is C15H15ClFNO. The van der Waals surface area contributed by atoms with Crippen LogP contribution in [0.15, 0.2) is 42.5 Å². The summed E-state index contributed by atoms with van der Waals surface area (Å²) in [6.07, 6.45) is 0.807. The number of rotatable bonds is 5. The fourth-order valence-corrected chi connectivity index (χ4v) is 2.00. The normalized spacial score (nSPS) is 10.6. The van der Waals surface area contributed by atoms with Crippen molar-refractivity contribution < 1.29 is 9.50 Å². The van der Waals surface area contributed by atoms with Gasteiger partial charge in [-0.3, -0.25) is 0 Å². The van der Waals surface area contributed by atoms with Crippen LogP contribution in [0.2, 0.25) is 5.02 Å². The van der Waals surface area contributed by atoms with Crippen LogP contribution in [0.4, 0.5) is 4.39 Å². The smallest absolute Gasteiger partial charge is 0.123 e. The van der Waals surface area contributed by atoms with Gasteiger partial charge in [0.1, 0.15) is 11.6 Å². The van der Waals surface area contributed by atoms with Crippen molar-refractivity contribution in [2.24, 2.45) is 0 Å². The van der Waals surface area contributed by atoms with E-state index in [4.69, 9.17) is 11.6 Å². The molecule has 0 fully saturated rings. The molecule has 0 bridgehead atoms. The second-order valence-corrected chi connectivity index (χ2v) is 4.76. The monoisotopic (exact) mass is 279 g/mol. The first-order valence-corrected chi connectivity index (χ1v) is 6.45. The molecule has 19 heavy (non-hydrogen) atoms. The molecule has 0 aliphatic carbocycles. The molecule has 0 aromatic heterocycles. The van der Waals surface area contributed by atoms with Crippen molar-refractivity contribution in [1.29, 1.82) is 0 Å². The molecule has 0 radical (unpaired) electrons. The van der Waals surface area contributed by atoms with Gasteiger partial charge < -0.3 is 10.4 Å². The summed E-state index contributed by atoms with van der Waals surface area (Å²) < 4.78 is 12.7. The molecule has 0 spiro atoms. The van der Waals surface area contributed by atoms with Crippen molar-refractivity contribution in [3.05, 3.63) is 64.4 Å². The predicted molar refractivity (Wildman–Crippen MR) is 74.9 cm³/mol. The van der Waals surface area contributed by atoms with Crippen LogP contribution < -0.4 is 5.32 Å². The van der Waals surface area contributed by atoms with Gasteiger partial charge in [-0.2, -0.15) is 0 Å². The number of hydrogen-bond donors (Lipinski definition) is 2. The van der Waals surface area contributed by atoms with Crippen molar-refractivity contribution in [3.63, 3.8) is 0 Å². The van der Waals surface area contributed by atoms with Gasteiger partial charge >= 0.3 is 0 Å². The summed E-state index contributed by atoms with van der Waals surface area (Å²) >= 11 is 5.87. The third kappa shape index (κ3) is 4.23. The molecule has 0 atom stereocenters. The van der Waals surface area contributed by atoms with Crippen molar-refractivity contribution >= 4 is 11.6 Å². The van der Waals surface area contributed by atoms with Crippen molar-refractivity contribution in [2.75, 3.05) is 6.54 Å². The molecule has 2 aromatic carbocycles. The molecular weight excluding hydrogens is 265 g/mol. The molecule has 100 valence electrons. The minimum atomic E-state index is -0.222. The molecule has 0 aliphatic heterocycles. The lowest BCUT2D eigenvalue weighted by molar-refractivity contribution is 0.464.